The first kappa shape index (κ1) is 25.6. The molecule has 1 aromatic carbocycles. The highest BCUT2D eigenvalue weighted by Crippen LogP contribution is 2.05. The van der Waals surface area contributed by atoms with E-state index in [1.807, 2.05) is 26.8 Å². The van der Waals surface area contributed by atoms with E-state index in [2.05, 4.69) is 58.9 Å². The maximum atomic E-state index is 10.2. The lowest BCUT2D eigenvalue weighted by Gasteiger charge is -2.17. The Labute approximate surface area is 139 Å². The standard InChI is InChI=1S/C8H10.C6H12O2.2C3H8/c1-2-8-6-4-3-5-7-8;1-5(7)8-6(2,3)4;2*1-3-2/h3-7H,2H2,1H3;1-4H3;2*3H2,1-2H3. The van der Waals surface area contributed by atoms with Gasteiger partial charge in [0.05, 0.1) is 0 Å². The molecule has 0 aliphatic carbocycles. The zero-order valence-electron chi connectivity index (χ0n) is 16.3. The minimum atomic E-state index is -0.328. The molecule has 0 amide bonds. The highest BCUT2D eigenvalue weighted by Gasteiger charge is 2.11. The minimum Gasteiger partial charge on any atom is -0.460 e. The van der Waals surface area contributed by atoms with Crippen molar-refractivity contribution in [1.82, 2.24) is 0 Å². The molecule has 0 heterocycles. The molecule has 0 atom stereocenters. The van der Waals surface area contributed by atoms with Crippen LogP contribution < -0.4 is 0 Å². The third-order valence-corrected chi connectivity index (χ3v) is 1.70. The second-order valence-electron chi connectivity index (χ2n) is 5.96. The van der Waals surface area contributed by atoms with E-state index in [0.717, 1.165) is 6.42 Å². The molecule has 0 saturated heterocycles. The fraction of sp³-hybridized carbons (Fsp3) is 0.650. The van der Waals surface area contributed by atoms with Crippen LogP contribution in [-0.2, 0) is 16.0 Å². The molecule has 0 aromatic heterocycles. The third kappa shape index (κ3) is 31.2. The molecule has 2 heteroatoms. The van der Waals surface area contributed by atoms with Crippen molar-refractivity contribution >= 4 is 5.97 Å². The molecule has 0 fully saturated rings. The number of ether oxygens (including phenoxy) is 1. The van der Waals surface area contributed by atoms with Gasteiger partial charge in [-0.3, -0.25) is 4.79 Å². The fourth-order valence-electron chi connectivity index (χ4n) is 1.14. The lowest BCUT2D eigenvalue weighted by Crippen LogP contribution is -2.21. The molecular weight excluding hydrogens is 272 g/mol. The van der Waals surface area contributed by atoms with Gasteiger partial charge in [0.2, 0.25) is 0 Å². The van der Waals surface area contributed by atoms with Crippen molar-refractivity contribution in [2.24, 2.45) is 0 Å². The van der Waals surface area contributed by atoms with E-state index in [9.17, 15) is 4.79 Å². The first-order chi connectivity index (χ1) is 10.2. The molecule has 0 unspecified atom stereocenters. The normalized spacial score (nSPS) is 8.95. The Morgan fingerprint density at radius 3 is 1.41 bits per heavy atom. The second-order valence-corrected chi connectivity index (χ2v) is 5.96. The average molecular weight is 311 g/mol. The van der Waals surface area contributed by atoms with Crippen molar-refractivity contribution in [1.29, 1.82) is 0 Å². The Hall–Kier alpha value is -1.31. The lowest BCUT2D eigenvalue weighted by molar-refractivity contribution is -0.151. The molecule has 0 spiro atoms. The van der Waals surface area contributed by atoms with Crippen LogP contribution in [0.2, 0.25) is 0 Å². The summed E-state index contributed by atoms with van der Waals surface area (Å²) < 4.78 is 4.80. The van der Waals surface area contributed by atoms with Crippen molar-refractivity contribution in [2.45, 2.75) is 87.2 Å². The van der Waals surface area contributed by atoms with Gasteiger partial charge in [-0.25, -0.2) is 0 Å². The van der Waals surface area contributed by atoms with Gasteiger partial charge in [-0.2, -0.15) is 0 Å². The number of carbonyl (C=O) groups excluding carboxylic acids is 1. The largest absolute Gasteiger partial charge is 0.460 e. The van der Waals surface area contributed by atoms with Gasteiger partial charge in [0, 0.05) is 6.92 Å². The summed E-state index contributed by atoms with van der Waals surface area (Å²) in [5.41, 5.74) is 1.08. The van der Waals surface area contributed by atoms with Gasteiger partial charge in [-0.05, 0) is 32.8 Å². The first-order valence-corrected chi connectivity index (χ1v) is 8.41. The molecule has 0 bridgehead atoms. The van der Waals surface area contributed by atoms with E-state index in [0.29, 0.717) is 0 Å². The monoisotopic (exact) mass is 310 g/mol. The Morgan fingerprint density at radius 1 is 0.909 bits per heavy atom. The number of aryl methyl sites for hydroxylation is 1. The Kier molecular flexibility index (Phi) is 20.7. The van der Waals surface area contributed by atoms with Crippen LogP contribution in [0, 0.1) is 0 Å². The summed E-state index contributed by atoms with van der Waals surface area (Å²) in [4.78, 5) is 10.2. The highest BCUT2D eigenvalue weighted by atomic mass is 16.6. The summed E-state index contributed by atoms with van der Waals surface area (Å²) in [5, 5.41) is 0. The number of carbonyl (C=O) groups is 1. The SMILES string of the molecule is CC(=O)OC(C)(C)C.CCC.CCC.CCc1ccccc1. The van der Waals surface area contributed by atoms with Gasteiger partial charge in [-0.15, -0.1) is 0 Å². The predicted octanol–water partition coefficient (Wildman–Crippen LogP) is 6.43. The number of hydrogen-bond donors (Lipinski definition) is 0. The number of benzene rings is 1. The van der Waals surface area contributed by atoms with Gasteiger partial charge in [0.25, 0.3) is 0 Å². The summed E-state index contributed by atoms with van der Waals surface area (Å²) in [6, 6.07) is 10.5. The predicted molar refractivity (Wildman–Crippen MR) is 99.3 cm³/mol. The van der Waals surface area contributed by atoms with E-state index < -0.39 is 0 Å². The molecule has 0 aliphatic heterocycles. The Bertz CT molecular complexity index is 321. The second kappa shape index (κ2) is 17.7. The van der Waals surface area contributed by atoms with E-state index in [1.54, 1.807) is 0 Å². The van der Waals surface area contributed by atoms with Crippen LogP contribution in [-0.4, -0.2) is 11.6 Å². The van der Waals surface area contributed by atoms with Crippen molar-refractivity contribution in [3.63, 3.8) is 0 Å². The van der Waals surface area contributed by atoms with Crippen molar-refractivity contribution in [3.05, 3.63) is 35.9 Å². The number of hydrogen-bond acceptors (Lipinski definition) is 2. The van der Waals surface area contributed by atoms with Gasteiger partial charge >= 0.3 is 5.97 Å². The molecule has 1 rings (SSSR count). The lowest BCUT2D eigenvalue weighted by atomic mass is 10.2. The minimum absolute atomic E-state index is 0.225. The summed E-state index contributed by atoms with van der Waals surface area (Å²) in [7, 11) is 0. The van der Waals surface area contributed by atoms with Crippen LogP contribution in [0.5, 0.6) is 0 Å². The highest BCUT2D eigenvalue weighted by molar-refractivity contribution is 5.66. The smallest absolute Gasteiger partial charge is 0.303 e. The quantitative estimate of drug-likeness (QED) is 0.559. The fourth-order valence-corrected chi connectivity index (χ4v) is 1.14. The first-order valence-electron chi connectivity index (χ1n) is 8.41. The van der Waals surface area contributed by atoms with Crippen LogP contribution >= 0.6 is 0 Å². The summed E-state index contributed by atoms with van der Waals surface area (Å²) in [6.45, 7) is 17.6. The maximum Gasteiger partial charge on any atom is 0.303 e. The average Bonchev–Trinajstić information content (AvgIpc) is 2.39. The van der Waals surface area contributed by atoms with Crippen molar-refractivity contribution < 1.29 is 9.53 Å². The van der Waals surface area contributed by atoms with Crippen LogP contribution in [0.4, 0.5) is 0 Å². The zero-order valence-corrected chi connectivity index (χ0v) is 16.3. The Morgan fingerprint density at radius 2 is 1.27 bits per heavy atom. The molecule has 130 valence electrons. The molecule has 0 N–H and O–H groups in total. The van der Waals surface area contributed by atoms with Crippen molar-refractivity contribution in [2.75, 3.05) is 0 Å². The molecule has 22 heavy (non-hydrogen) atoms. The van der Waals surface area contributed by atoms with E-state index >= 15 is 0 Å². The van der Waals surface area contributed by atoms with Gasteiger partial charge in [-0.1, -0.05) is 77.8 Å². The van der Waals surface area contributed by atoms with E-state index in [4.69, 9.17) is 4.74 Å². The van der Waals surface area contributed by atoms with Crippen molar-refractivity contribution in [3.8, 4) is 0 Å². The Balaban J connectivity index is -0.000000244. The van der Waals surface area contributed by atoms with Crippen LogP contribution in [0.1, 0.15) is 80.7 Å². The number of esters is 1. The van der Waals surface area contributed by atoms with Gasteiger partial charge in [0.15, 0.2) is 0 Å². The topological polar surface area (TPSA) is 26.3 Å². The third-order valence-electron chi connectivity index (χ3n) is 1.70. The van der Waals surface area contributed by atoms with Gasteiger partial charge in [0.1, 0.15) is 5.60 Å². The van der Waals surface area contributed by atoms with Crippen LogP contribution in [0.25, 0.3) is 0 Å². The summed E-state index contributed by atoms with van der Waals surface area (Å²) in [5.74, 6) is -0.225. The molecule has 0 radical (unpaired) electrons. The maximum absolute atomic E-state index is 10.2. The van der Waals surface area contributed by atoms with Crippen LogP contribution in [0.15, 0.2) is 30.3 Å². The molecule has 2 nitrogen and oxygen atoms in total. The molecule has 1 aromatic rings. The van der Waals surface area contributed by atoms with Gasteiger partial charge < -0.3 is 4.74 Å². The van der Waals surface area contributed by atoms with E-state index in [1.165, 1.54) is 25.3 Å². The molecule has 0 aliphatic rings. The van der Waals surface area contributed by atoms with E-state index in [-0.39, 0.29) is 11.6 Å². The molecule has 0 saturated carbocycles. The summed E-state index contributed by atoms with van der Waals surface area (Å²) in [6.07, 6.45) is 3.64. The molecular formula is C20H38O2. The van der Waals surface area contributed by atoms with Crippen LogP contribution in [0.3, 0.4) is 0 Å². The number of rotatable bonds is 1. The summed E-state index contributed by atoms with van der Waals surface area (Å²) >= 11 is 0. The zero-order chi connectivity index (χ0) is 18.0.